The molecule has 0 aliphatic heterocycles. The third-order valence-electron chi connectivity index (χ3n) is 8.39. The Bertz CT molecular complexity index is 777. The van der Waals surface area contributed by atoms with E-state index in [1.54, 1.807) is 0 Å². The van der Waals surface area contributed by atoms with Crippen molar-refractivity contribution in [3.63, 3.8) is 0 Å². The van der Waals surface area contributed by atoms with Gasteiger partial charge in [0.25, 0.3) is 0 Å². The highest BCUT2D eigenvalue weighted by molar-refractivity contribution is 5.26. The fourth-order valence-electron chi connectivity index (χ4n) is 6.48. The van der Waals surface area contributed by atoms with Gasteiger partial charge in [0, 0.05) is 22.8 Å². The van der Waals surface area contributed by atoms with E-state index in [2.05, 4.69) is 57.7 Å². The van der Waals surface area contributed by atoms with Gasteiger partial charge in [-0.1, -0.05) is 108 Å². The van der Waals surface area contributed by atoms with Crippen molar-refractivity contribution in [2.75, 3.05) is 19.6 Å². The lowest BCUT2D eigenvalue weighted by molar-refractivity contribution is -0.0369. The van der Waals surface area contributed by atoms with Gasteiger partial charge in [-0.25, -0.2) is 0 Å². The van der Waals surface area contributed by atoms with Gasteiger partial charge < -0.3 is 20.2 Å². The molecule has 0 aromatic carbocycles. The maximum Gasteiger partial charge on any atom is 0.0812 e. The minimum Gasteiger partial charge on any atom is -0.388 e. The average molecular weight is 468 g/mol. The van der Waals surface area contributed by atoms with E-state index in [4.69, 9.17) is 0 Å². The van der Waals surface area contributed by atoms with Crippen LogP contribution >= 0.6 is 0 Å². The van der Waals surface area contributed by atoms with Crippen LogP contribution in [0.25, 0.3) is 0 Å². The second kappa shape index (κ2) is 10.5. The quantitative estimate of drug-likeness (QED) is 0.425. The van der Waals surface area contributed by atoms with Crippen molar-refractivity contribution >= 4 is 0 Å². The first kappa shape index (κ1) is 26.9. The molecule has 6 atom stereocenters. The van der Waals surface area contributed by atoms with Crippen molar-refractivity contribution in [3.05, 3.63) is 72.9 Å². The Hall–Kier alpha value is -1.72. The lowest BCUT2D eigenvalue weighted by atomic mass is 9.55. The largest absolute Gasteiger partial charge is 0.388 e. The van der Waals surface area contributed by atoms with Crippen LogP contribution in [0.3, 0.4) is 0 Å². The van der Waals surface area contributed by atoms with Crippen LogP contribution in [0.15, 0.2) is 72.9 Å². The first-order chi connectivity index (χ1) is 16.0. The minimum atomic E-state index is -0.576. The monoisotopic (exact) mass is 467 g/mol. The van der Waals surface area contributed by atoms with Crippen LogP contribution in [-0.4, -0.2) is 58.2 Å². The summed E-state index contributed by atoms with van der Waals surface area (Å²) >= 11 is 0. The van der Waals surface area contributed by atoms with E-state index < -0.39 is 34.6 Å². The van der Waals surface area contributed by atoms with Crippen molar-refractivity contribution in [3.8, 4) is 0 Å². The molecule has 188 valence electrons. The van der Waals surface area contributed by atoms with Crippen LogP contribution in [-0.2, 0) is 0 Å². The molecule has 0 radical (unpaired) electrons. The minimum absolute atomic E-state index is 0.284. The van der Waals surface area contributed by atoms with E-state index in [9.17, 15) is 15.3 Å². The topological polar surface area (TPSA) is 63.9 Å². The summed E-state index contributed by atoms with van der Waals surface area (Å²) in [6.45, 7) is 13.5. The number of rotatable bonds is 10. The second-order valence-electron chi connectivity index (χ2n) is 11.6. The van der Waals surface area contributed by atoms with Gasteiger partial charge >= 0.3 is 0 Å². The molecular formula is C30H45NO3. The Kier molecular flexibility index (Phi) is 8.29. The van der Waals surface area contributed by atoms with Crippen LogP contribution in [0.5, 0.6) is 0 Å². The SMILES string of the molecule is CCN(CC)CC(CC1(C)C=CC=CC1O)(CC1(C)C=CC=CC1O)CC1(C)C=CC=CC1O. The Morgan fingerprint density at radius 3 is 1.21 bits per heavy atom. The Labute approximate surface area is 206 Å². The molecule has 0 amide bonds. The number of hydrogen-bond donors (Lipinski definition) is 3. The zero-order valence-electron chi connectivity index (χ0n) is 21.7. The van der Waals surface area contributed by atoms with E-state index in [1.807, 2.05) is 54.7 Å². The molecular weight excluding hydrogens is 422 g/mol. The van der Waals surface area contributed by atoms with Gasteiger partial charge in [-0.2, -0.15) is 0 Å². The number of aliphatic hydroxyl groups is 3. The summed E-state index contributed by atoms with van der Waals surface area (Å²) in [5, 5.41) is 33.3. The van der Waals surface area contributed by atoms with Crippen LogP contribution in [0.4, 0.5) is 0 Å². The fourth-order valence-corrected chi connectivity index (χ4v) is 6.48. The third-order valence-corrected chi connectivity index (χ3v) is 8.39. The van der Waals surface area contributed by atoms with E-state index in [1.165, 1.54) is 0 Å². The van der Waals surface area contributed by atoms with Gasteiger partial charge in [0.1, 0.15) is 0 Å². The van der Waals surface area contributed by atoms with Crippen molar-refractivity contribution in [1.29, 1.82) is 0 Å². The van der Waals surface area contributed by atoms with Gasteiger partial charge in [-0.05, 0) is 37.8 Å². The lowest BCUT2D eigenvalue weighted by Gasteiger charge is -2.52. The van der Waals surface area contributed by atoms with Crippen molar-refractivity contribution in [2.45, 2.75) is 72.2 Å². The van der Waals surface area contributed by atoms with Crippen molar-refractivity contribution in [1.82, 2.24) is 4.90 Å². The predicted molar refractivity (Wildman–Crippen MR) is 141 cm³/mol. The standard InChI is InChI=1S/C30H45NO3/c1-6-31(7-2)23-30(20-27(3)17-11-8-14-24(27)32,21-28(4)18-12-9-15-25(28)33)22-29(5)19-13-10-16-26(29)34/h8-19,24-26,32-34H,6-7,20-23H2,1-5H3. The molecule has 0 saturated carbocycles. The molecule has 3 rings (SSSR count). The Morgan fingerprint density at radius 1 is 0.618 bits per heavy atom. The predicted octanol–water partition coefficient (Wildman–Crippen LogP) is 4.96. The highest BCUT2D eigenvalue weighted by atomic mass is 16.3. The molecule has 4 nitrogen and oxygen atoms in total. The van der Waals surface area contributed by atoms with Gasteiger partial charge in [-0.15, -0.1) is 0 Å². The van der Waals surface area contributed by atoms with Gasteiger partial charge in [-0.3, -0.25) is 0 Å². The van der Waals surface area contributed by atoms with E-state index >= 15 is 0 Å². The maximum absolute atomic E-state index is 11.1. The summed E-state index contributed by atoms with van der Waals surface area (Å²) in [6, 6.07) is 0. The lowest BCUT2D eigenvalue weighted by Crippen LogP contribution is -2.51. The third kappa shape index (κ3) is 5.73. The molecule has 0 aromatic heterocycles. The summed E-state index contributed by atoms with van der Waals surface area (Å²) in [5.41, 5.74) is -1.60. The Morgan fingerprint density at radius 2 is 0.941 bits per heavy atom. The highest BCUT2D eigenvalue weighted by Crippen LogP contribution is 2.54. The zero-order chi connectivity index (χ0) is 25.0. The molecule has 0 saturated heterocycles. The first-order valence-electron chi connectivity index (χ1n) is 12.8. The normalized spacial score (nSPS) is 38.6. The van der Waals surface area contributed by atoms with Crippen LogP contribution in [0, 0.1) is 21.7 Å². The van der Waals surface area contributed by atoms with Crippen molar-refractivity contribution in [2.24, 2.45) is 21.7 Å². The Balaban J connectivity index is 2.11. The number of nitrogens with zero attached hydrogens (tertiary/aromatic N) is 1. The summed E-state index contributed by atoms with van der Waals surface area (Å²) in [6.07, 6.45) is 24.4. The van der Waals surface area contributed by atoms with E-state index in [0.717, 1.165) is 38.9 Å². The first-order valence-corrected chi connectivity index (χ1v) is 12.8. The molecule has 3 aliphatic carbocycles. The molecule has 0 bridgehead atoms. The number of allylic oxidation sites excluding steroid dienone is 6. The summed E-state index contributed by atoms with van der Waals surface area (Å²) in [7, 11) is 0. The average Bonchev–Trinajstić information content (AvgIpc) is 2.78. The maximum atomic E-state index is 11.1. The summed E-state index contributed by atoms with van der Waals surface area (Å²) in [5.74, 6) is 0. The second-order valence-corrected chi connectivity index (χ2v) is 11.6. The van der Waals surface area contributed by atoms with Crippen molar-refractivity contribution < 1.29 is 15.3 Å². The van der Waals surface area contributed by atoms with Gasteiger partial charge in [0.2, 0.25) is 0 Å². The molecule has 0 fully saturated rings. The molecule has 0 heterocycles. The van der Waals surface area contributed by atoms with Gasteiger partial charge in [0.05, 0.1) is 18.3 Å². The summed E-state index contributed by atoms with van der Waals surface area (Å²) < 4.78 is 0. The highest BCUT2D eigenvalue weighted by Gasteiger charge is 2.50. The van der Waals surface area contributed by atoms with Crippen LogP contribution in [0.2, 0.25) is 0 Å². The van der Waals surface area contributed by atoms with E-state index in [0.29, 0.717) is 0 Å². The van der Waals surface area contributed by atoms with E-state index in [-0.39, 0.29) is 5.41 Å². The number of hydrogen-bond acceptors (Lipinski definition) is 4. The number of aliphatic hydroxyl groups excluding tert-OH is 3. The molecule has 0 spiro atoms. The molecule has 4 heteroatoms. The van der Waals surface area contributed by atoms with Gasteiger partial charge in [0.15, 0.2) is 0 Å². The molecule has 34 heavy (non-hydrogen) atoms. The molecule has 0 aromatic rings. The molecule has 6 unspecified atom stereocenters. The summed E-state index contributed by atoms with van der Waals surface area (Å²) in [4.78, 5) is 2.45. The zero-order valence-corrected chi connectivity index (χ0v) is 21.7. The molecule has 3 aliphatic rings. The fraction of sp³-hybridized carbons (Fsp3) is 0.600. The smallest absolute Gasteiger partial charge is 0.0812 e. The molecule has 3 N–H and O–H groups in total. The van der Waals surface area contributed by atoms with Crippen LogP contribution in [0.1, 0.15) is 53.9 Å². The van der Waals surface area contributed by atoms with Crippen LogP contribution < -0.4 is 0 Å².